The van der Waals surface area contributed by atoms with Gasteiger partial charge in [-0.15, -0.1) is 28.7 Å². The zero-order valence-corrected chi connectivity index (χ0v) is 25.0. The Bertz CT molecular complexity index is 920. The van der Waals surface area contributed by atoms with Gasteiger partial charge in [0.2, 0.25) is 0 Å². The molecule has 0 spiro atoms. The van der Waals surface area contributed by atoms with Gasteiger partial charge in [0, 0.05) is 24.0 Å². The zero-order valence-electron chi connectivity index (χ0n) is 22.5. The zero-order chi connectivity index (χ0) is 25.3. The summed E-state index contributed by atoms with van der Waals surface area (Å²) < 4.78 is 5.89. The summed E-state index contributed by atoms with van der Waals surface area (Å²) in [5.41, 5.74) is 2.64. The first-order valence-electron chi connectivity index (χ1n) is 13.9. The first kappa shape index (κ1) is 31.3. The van der Waals surface area contributed by atoms with Gasteiger partial charge >= 0.3 is 0 Å². The molecule has 1 amide bonds. The fourth-order valence-corrected chi connectivity index (χ4v) is 5.14. The van der Waals surface area contributed by atoms with Crippen molar-refractivity contribution in [2.24, 2.45) is 0 Å². The van der Waals surface area contributed by atoms with Gasteiger partial charge in [-0.05, 0) is 53.8 Å². The van der Waals surface area contributed by atoms with Crippen LogP contribution >= 0.6 is 28.7 Å². The van der Waals surface area contributed by atoms with E-state index in [0.29, 0.717) is 5.56 Å². The van der Waals surface area contributed by atoms with Crippen molar-refractivity contribution in [1.29, 1.82) is 0 Å². The van der Waals surface area contributed by atoms with Crippen LogP contribution < -0.4 is 10.1 Å². The number of nitrogens with one attached hydrogen (secondary N) is 1. The van der Waals surface area contributed by atoms with Crippen LogP contribution in [0, 0.1) is 0 Å². The molecular weight excluding hydrogens is 544 g/mol. The number of amides is 1. The minimum absolute atomic E-state index is 0. The summed E-state index contributed by atoms with van der Waals surface area (Å²) in [5.74, 6) is 1.70. The second-order valence-corrected chi connectivity index (χ2v) is 10.6. The molecule has 1 heterocycles. The molecule has 0 saturated carbocycles. The summed E-state index contributed by atoms with van der Waals surface area (Å²) in [4.78, 5) is 14.9. The molecule has 1 aliphatic rings. The van der Waals surface area contributed by atoms with E-state index in [9.17, 15) is 4.79 Å². The van der Waals surface area contributed by atoms with Gasteiger partial charge in [-0.3, -0.25) is 4.79 Å². The Morgan fingerprint density at radius 1 is 0.892 bits per heavy atom. The van der Waals surface area contributed by atoms with Crippen molar-refractivity contribution in [3.05, 3.63) is 71.3 Å². The molecule has 2 aromatic carbocycles. The normalized spacial score (nSPS) is 12.4. The van der Waals surface area contributed by atoms with E-state index in [4.69, 9.17) is 4.74 Å². The number of ether oxygens (including phenoxy) is 1. The molecule has 3 rings (SSSR count). The van der Waals surface area contributed by atoms with E-state index in [2.05, 4.69) is 34.8 Å². The number of halogens is 1. The maximum Gasteiger partial charge on any atom is 0.255 e. The van der Waals surface area contributed by atoms with Crippen LogP contribution in [0.4, 0.5) is 5.69 Å². The van der Waals surface area contributed by atoms with Crippen molar-refractivity contribution in [2.75, 3.05) is 17.8 Å². The summed E-state index contributed by atoms with van der Waals surface area (Å²) in [6.45, 7) is 3.86. The quantitative estimate of drug-likeness (QED) is 0.176. The molecule has 0 aromatic heterocycles. The van der Waals surface area contributed by atoms with Gasteiger partial charge in [0.15, 0.2) is 0 Å². The molecule has 0 atom stereocenters. The standard InChI is InChI=1S/C31H44N2O2S.BrH/c1-2-3-4-5-6-7-8-9-10-11-12-13-22-35-30-19-17-28(18-20-30)31(34)32-29-16-14-15-27(24-29)25-33-21-23-36-26-33;/h14-21,23-24H,2-13,22,25-26H2,1H3,(H,32,34);1H. The Hall–Kier alpha value is -1.92. The van der Waals surface area contributed by atoms with Crippen molar-refractivity contribution < 1.29 is 9.53 Å². The van der Waals surface area contributed by atoms with Crippen molar-refractivity contribution >= 4 is 40.3 Å². The predicted molar refractivity (Wildman–Crippen MR) is 165 cm³/mol. The predicted octanol–water partition coefficient (Wildman–Crippen LogP) is 9.57. The number of carbonyl (C=O) groups is 1. The smallest absolute Gasteiger partial charge is 0.255 e. The average molecular weight is 590 g/mol. The Kier molecular flexibility index (Phi) is 16.2. The number of hydrogen-bond donors (Lipinski definition) is 1. The maximum atomic E-state index is 12.7. The van der Waals surface area contributed by atoms with Crippen molar-refractivity contribution in [2.45, 2.75) is 90.5 Å². The molecule has 37 heavy (non-hydrogen) atoms. The van der Waals surface area contributed by atoms with Crippen LogP contribution in [0.15, 0.2) is 60.1 Å². The molecular formula is C31H45BrN2O2S. The van der Waals surface area contributed by atoms with Gasteiger partial charge in [-0.1, -0.05) is 89.7 Å². The Balaban J connectivity index is 0.00000481. The van der Waals surface area contributed by atoms with Gasteiger partial charge < -0.3 is 15.0 Å². The molecule has 0 unspecified atom stereocenters. The molecule has 0 saturated heterocycles. The average Bonchev–Trinajstić information content (AvgIpc) is 3.40. The Labute approximate surface area is 239 Å². The summed E-state index contributed by atoms with van der Waals surface area (Å²) in [5, 5.41) is 5.13. The highest BCUT2D eigenvalue weighted by Crippen LogP contribution is 2.20. The van der Waals surface area contributed by atoms with Crippen LogP contribution in [0.25, 0.3) is 0 Å². The molecule has 1 aliphatic heterocycles. The van der Waals surface area contributed by atoms with Gasteiger partial charge in [0.05, 0.1) is 12.5 Å². The van der Waals surface area contributed by atoms with Crippen molar-refractivity contribution in [3.63, 3.8) is 0 Å². The molecule has 2 aromatic rings. The van der Waals surface area contributed by atoms with Crippen LogP contribution in [0.1, 0.15) is 99.9 Å². The van der Waals surface area contributed by atoms with Gasteiger partial charge in [-0.25, -0.2) is 0 Å². The van der Waals surface area contributed by atoms with Gasteiger partial charge in [0.25, 0.3) is 5.91 Å². The first-order valence-corrected chi connectivity index (χ1v) is 14.9. The highest BCUT2D eigenvalue weighted by Gasteiger charge is 2.09. The summed E-state index contributed by atoms with van der Waals surface area (Å²) in [6.07, 6.45) is 18.2. The van der Waals surface area contributed by atoms with Crippen LogP contribution in [0.3, 0.4) is 0 Å². The number of rotatable bonds is 18. The fraction of sp³-hybridized carbons (Fsp3) is 0.516. The second-order valence-electron chi connectivity index (χ2n) is 9.74. The lowest BCUT2D eigenvalue weighted by Crippen LogP contribution is -2.14. The van der Waals surface area contributed by atoms with E-state index in [-0.39, 0.29) is 22.9 Å². The van der Waals surface area contributed by atoms with Gasteiger partial charge in [-0.2, -0.15) is 0 Å². The molecule has 4 nitrogen and oxygen atoms in total. The molecule has 6 heteroatoms. The lowest BCUT2D eigenvalue weighted by Gasteiger charge is -2.15. The number of hydrogen-bond acceptors (Lipinski definition) is 4. The number of carbonyl (C=O) groups excluding carboxylic acids is 1. The lowest BCUT2D eigenvalue weighted by atomic mass is 10.1. The summed E-state index contributed by atoms with van der Waals surface area (Å²) >= 11 is 1.79. The maximum absolute atomic E-state index is 12.7. The van der Waals surface area contributed by atoms with Crippen LogP contribution in [0.5, 0.6) is 5.75 Å². The molecule has 204 valence electrons. The van der Waals surface area contributed by atoms with E-state index in [1.807, 2.05) is 42.5 Å². The largest absolute Gasteiger partial charge is 0.494 e. The first-order chi connectivity index (χ1) is 17.7. The van der Waals surface area contributed by atoms with Crippen molar-refractivity contribution in [1.82, 2.24) is 4.90 Å². The third-order valence-electron chi connectivity index (χ3n) is 6.56. The summed E-state index contributed by atoms with van der Waals surface area (Å²) in [6, 6.07) is 15.5. The fourth-order valence-electron chi connectivity index (χ4n) is 4.43. The van der Waals surface area contributed by atoms with Gasteiger partial charge in [0.1, 0.15) is 5.75 Å². The minimum Gasteiger partial charge on any atom is -0.494 e. The second kappa shape index (κ2) is 19.2. The van der Waals surface area contributed by atoms with Crippen molar-refractivity contribution in [3.8, 4) is 5.75 Å². The molecule has 0 aliphatic carbocycles. The van der Waals surface area contributed by atoms with E-state index >= 15 is 0 Å². The number of nitrogens with zero attached hydrogens (tertiary/aromatic N) is 1. The monoisotopic (exact) mass is 588 g/mol. The number of anilines is 1. The van der Waals surface area contributed by atoms with E-state index < -0.39 is 0 Å². The third kappa shape index (κ3) is 12.9. The minimum atomic E-state index is -0.101. The van der Waals surface area contributed by atoms with E-state index in [1.54, 1.807) is 11.8 Å². The molecule has 0 bridgehead atoms. The molecule has 1 N–H and O–H groups in total. The molecule has 0 fully saturated rings. The highest BCUT2D eigenvalue weighted by atomic mass is 79.9. The van der Waals surface area contributed by atoms with Crippen LogP contribution in [-0.2, 0) is 6.54 Å². The van der Waals surface area contributed by atoms with Crippen LogP contribution in [0.2, 0.25) is 0 Å². The Morgan fingerprint density at radius 2 is 1.54 bits per heavy atom. The van der Waals surface area contributed by atoms with E-state index in [0.717, 1.165) is 36.9 Å². The number of thioether (sulfide) groups is 1. The lowest BCUT2D eigenvalue weighted by molar-refractivity contribution is 0.102. The Morgan fingerprint density at radius 3 is 2.16 bits per heavy atom. The summed E-state index contributed by atoms with van der Waals surface area (Å²) in [7, 11) is 0. The third-order valence-corrected chi connectivity index (χ3v) is 7.36. The SMILES string of the molecule is Br.CCCCCCCCCCCCCCOc1ccc(C(=O)Nc2cccc(CN3C=CSC3)c2)cc1. The molecule has 0 radical (unpaired) electrons. The topological polar surface area (TPSA) is 41.6 Å². The van der Waals surface area contributed by atoms with E-state index in [1.165, 1.54) is 76.2 Å². The number of unbranched alkanes of at least 4 members (excludes halogenated alkanes) is 11. The van der Waals surface area contributed by atoms with Crippen LogP contribution in [-0.4, -0.2) is 23.3 Å². The highest BCUT2D eigenvalue weighted by molar-refractivity contribution is 8.93. The number of benzene rings is 2.